The Kier molecular flexibility index (Phi) is 8.10. The normalized spacial score (nSPS) is 13.5. The molecule has 0 unspecified atom stereocenters. The van der Waals surface area contributed by atoms with Crippen LogP contribution in [0.1, 0.15) is 32.1 Å². The Bertz CT molecular complexity index is 892. The lowest BCUT2D eigenvalue weighted by molar-refractivity contribution is -0.128. The van der Waals surface area contributed by atoms with Crippen LogP contribution < -0.4 is 4.90 Å². The van der Waals surface area contributed by atoms with Crippen LogP contribution in [0.2, 0.25) is 0 Å². The average Bonchev–Trinajstić information content (AvgIpc) is 3.23. The SMILES string of the molecule is N#CCCN(CCC#N)C(=O)CSc1nnc(N2CCCCC2)n1-c1ccccc1. The molecule has 1 fully saturated rings. The van der Waals surface area contributed by atoms with E-state index in [1.54, 1.807) is 4.90 Å². The van der Waals surface area contributed by atoms with Crippen molar-refractivity contribution < 1.29 is 4.79 Å². The highest BCUT2D eigenvalue weighted by atomic mass is 32.2. The summed E-state index contributed by atoms with van der Waals surface area (Å²) >= 11 is 1.34. The zero-order valence-corrected chi connectivity index (χ0v) is 17.7. The molecule has 1 aliphatic heterocycles. The minimum Gasteiger partial charge on any atom is -0.341 e. The predicted molar refractivity (Wildman–Crippen MR) is 115 cm³/mol. The van der Waals surface area contributed by atoms with Crippen molar-refractivity contribution in [2.75, 3.05) is 36.8 Å². The van der Waals surface area contributed by atoms with Gasteiger partial charge in [0.2, 0.25) is 11.9 Å². The van der Waals surface area contributed by atoms with E-state index in [9.17, 15) is 4.79 Å². The van der Waals surface area contributed by atoms with Gasteiger partial charge in [-0.1, -0.05) is 30.0 Å². The van der Waals surface area contributed by atoms with Gasteiger partial charge in [-0.15, -0.1) is 10.2 Å². The minimum atomic E-state index is -0.104. The van der Waals surface area contributed by atoms with Crippen molar-refractivity contribution >= 4 is 23.6 Å². The van der Waals surface area contributed by atoms with Crippen LogP contribution >= 0.6 is 11.8 Å². The van der Waals surface area contributed by atoms with Crippen molar-refractivity contribution in [1.29, 1.82) is 10.5 Å². The van der Waals surface area contributed by atoms with E-state index in [2.05, 4.69) is 27.2 Å². The number of anilines is 1. The van der Waals surface area contributed by atoms with Gasteiger partial charge in [0.1, 0.15) is 0 Å². The van der Waals surface area contributed by atoms with Crippen LogP contribution in [-0.2, 0) is 4.79 Å². The highest BCUT2D eigenvalue weighted by Crippen LogP contribution is 2.28. The fourth-order valence-electron chi connectivity index (χ4n) is 3.41. The van der Waals surface area contributed by atoms with Gasteiger partial charge < -0.3 is 9.80 Å². The third kappa shape index (κ3) is 5.52. The number of thioether (sulfide) groups is 1. The van der Waals surface area contributed by atoms with Gasteiger partial charge >= 0.3 is 0 Å². The van der Waals surface area contributed by atoms with Gasteiger partial charge in [0.05, 0.1) is 36.4 Å². The van der Waals surface area contributed by atoms with Crippen molar-refractivity contribution in [2.24, 2.45) is 0 Å². The highest BCUT2D eigenvalue weighted by Gasteiger charge is 2.23. The number of piperidine rings is 1. The Morgan fingerprint density at radius 2 is 1.70 bits per heavy atom. The maximum Gasteiger partial charge on any atom is 0.233 e. The van der Waals surface area contributed by atoms with Crippen molar-refractivity contribution in [3.05, 3.63) is 30.3 Å². The van der Waals surface area contributed by atoms with Gasteiger partial charge in [0.15, 0.2) is 5.16 Å². The summed E-state index contributed by atoms with van der Waals surface area (Å²) in [4.78, 5) is 16.5. The fourth-order valence-corrected chi connectivity index (χ4v) is 4.26. The number of carbonyl (C=O) groups is 1. The molecule has 1 saturated heterocycles. The first-order valence-corrected chi connectivity index (χ1v) is 11.1. The van der Waals surface area contributed by atoms with Gasteiger partial charge in [-0.2, -0.15) is 10.5 Å². The van der Waals surface area contributed by atoms with Gasteiger partial charge in [0, 0.05) is 26.2 Å². The second kappa shape index (κ2) is 11.2. The monoisotopic (exact) mass is 423 g/mol. The summed E-state index contributed by atoms with van der Waals surface area (Å²) in [7, 11) is 0. The van der Waals surface area contributed by atoms with E-state index in [1.807, 2.05) is 34.9 Å². The molecular formula is C21H25N7OS. The molecule has 30 heavy (non-hydrogen) atoms. The Hall–Kier alpha value is -3.04. The van der Waals surface area contributed by atoms with E-state index >= 15 is 0 Å². The van der Waals surface area contributed by atoms with Crippen LogP contribution in [0.5, 0.6) is 0 Å². The largest absolute Gasteiger partial charge is 0.341 e. The first-order chi connectivity index (χ1) is 14.7. The molecule has 0 aliphatic carbocycles. The molecule has 1 amide bonds. The number of nitrogens with zero attached hydrogens (tertiary/aromatic N) is 7. The molecule has 1 aliphatic rings. The molecular weight excluding hydrogens is 398 g/mol. The summed E-state index contributed by atoms with van der Waals surface area (Å²) in [5, 5.41) is 27.2. The van der Waals surface area contributed by atoms with E-state index in [0.717, 1.165) is 37.6 Å². The highest BCUT2D eigenvalue weighted by molar-refractivity contribution is 7.99. The molecule has 8 nitrogen and oxygen atoms in total. The molecule has 2 aromatic rings. The first-order valence-electron chi connectivity index (χ1n) is 10.1. The molecule has 0 radical (unpaired) electrons. The summed E-state index contributed by atoms with van der Waals surface area (Å²) in [6, 6.07) is 14.0. The quantitative estimate of drug-likeness (QED) is 0.571. The molecule has 156 valence electrons. The Labute approximate surface area is 181 Å². The zero-order chi connectivity index (χ0) is 21.2. The number of aromatic nitrogens is 3. The van der Waals surface area contributed by atoms with Gasteiger partial charge in [-0.25, -0.2) is 0 Å². The van der Waals surface area contributed by atoms with Crippen LogP contribution in [0.4, 0.5) is 5.95 Å². The second-order valence-electron chi connectivity index (χ2n) is 6.99. The minimum absolute atomic E-state index is 0.104. The molecule has 0 atom stereocenters. The third-order valence-corrected chi connectivity index (χ3v) is 5.85. The number of rotatable bonds is 9. The van der Waals surface area contributed by atoms with E-state index in [-0.39, 0.29) is 24.5 Å². The summed E-state index contributed by atoms with van der Waals surface area (Å²) in [6.45, 7) is 2.57. The average molecular weight is 424 g/mol. The lowest BCUT2D eigenvalue weighted by Gasteiger charge is -2.27. The smallest absolute Gasteiger partial charge is 0.233 e. The van der Waals surface area contributed by atoms with Gasteiger partial charge in [0.25, 0.3) is 0 Å². The van der Waals surface area contributed by atoms with E-state index in [0.29, 0.717) is 18.2 Å². The number of hydrogen-bond donors (Lipinski definition) is 0. The molecule has 1 aromatic heterocycles. The fraction of sp³-hybridized carbons (Fsp3) is 0.476. The number of benzene rings is 1. The molecule has 2 heterocycles. The Morgan fingerprint density at radius 3 is 2.33 bits per heavy atom. The van der Waals surface area contributed by atoms with E-state index in [4.69, 9.17) is 10.5 Å². The maximum absolute atomic E-state index is 12.7. The number of carbonyl (C=O) groups excluding carboxylic acids is 1. The lowest BCUT2D eigenvalue weighted by atomic mass is 10.1. The van der Waals surface area contributed by atoms with Gasteiger partial charge in [-0.3, -0.25) is 9.36 Å². The topological polar surface area (TPSA) is 102 Å². The Balaban J connectivity index is 1.78. The van der Waals surface area contributed by atoms with E-state index in [1.165, 1.54) is 18.2 Å². The van der Waals surface area contributed by atoms with Crippen LogP contribution in [0.3, 0.4) is 0 Å². The maximum atomic E-state index is 12.7. The second-order valence-corrected chi connectivity index (χ2v) is 7.93. The van der Waals surface area contributed by atoms with Crippen molar-refractivity contribution in [3.63, 3.8) is 0 Å². The van der Waals surface area contributed by atoms with Crippen LogP contribution in [0.15, 0.2) is 35.5 Å². The summed E-state index contributed by atoms with van der Waals surface area (Å²) in [5.74, 6) is 0.885. The molecule has 0 spiro atoms. The molecule has 3 rings (SSSR count). The number of hydrogen-bond acceptors (Lipinski definition) is 7. The van der Waals surface area contributed by atoms with Crippen LogP contribution in [0, 0.1) is 22.7 Å². The lowest BCUT2D eigenvalue weighted by Crippen LogP contribution is -2.34. The number of nitriles is 2. The number of amides is 1. The third-order valence-electron chi connectivity index (χ3n) is 4.93. The van der Waals surface area contributed by atoms with Crippen LogP contribution in [-0.4, -0.2) is 57.5 Å². The molecule has 0 bridgehead atoms. The molecule has 0 N–H and O–H groups in total. The standard InChI is InChI=1S/C21H25N7OS/c22-11-7-15-26(16-8-12-23)19(29)17-30-21-25-24-20(27-13-5-2-6-14-27)28(21)18-9-3-1-4-10-18/h1,3-4,9-10H,2,5-8,13-17H2. The van der Waals surface area contributed by atoms with Gasteiger partial charge in [-0.05, 0) is 31.4 Å². The molecule has 0 saturated carbocycles. The molecule has 9 heteroatoms. The van der Waals surface area contributed by atoms with Crippen molar-refractivity contribution in [2.45, 2.75) is 37.3 Å². The van der Waals surface area contributed by atoms with Crippen LogP contribution in [0.25, 0.3) is 5.69 Å². The van der Waals surface area contributed by atoms with Crippen molar-refractivity contribution in [3.8, 4) is 17.8 Å². The predicted octanol–water partition coefficient (Wildman–Crippen LogP) is 3.01. The zero-order valence-electron chi connectivity index (χ0n) is 16.9. The first kappa shape index (κ1) is 21.7. The summed E-state index contributed by atoms with van der Waals surface area (Å²) in [6.07, 6.45) is 4.00. The summed E-state index contributed by atoms with van der Waals surface area (Å²) < 4.78 is 2.01. The van der Waals surface area contributed by atoms with Crippen molar-refractivity contribution in [1.82, 2.24) is 19.7 Å². The Morgan fingerprint density at radius 1 is 1.03 bits per heavy atom. The molecule has 1 aromatic carbocycles. The summed E-state index contributed by atoms with van der Waals surface area (Å²) in [5.41, 5.74) is 0.962. The number of para-hydroxylation sites is 1. The van der Waals surface area contributed by atoms with E-state index < -0.39 is 0 Å².